The molecule has 2 aromatic carbocycles. The van der Waals surface area contributed by atoms with Gasteiger partial charge in [0.25, 0.3) is 0 Å². The SMILES string of the molecule is CC(C)(C)OC(=O)C1(COc2ccccc2-c2ccc(C(=O)O)c(F)c2)CC1. The lowest BCUT2D eigenvalue weighted by Crippen LogP contribution is -2.32. The Morgan fingerprint density at radius 1 is 1.14 bits per heavy atom. The van der Waals surface area contributed by atoms with E-state index in [1.54, 1.807) is 24.3 Å². The fourth-order valence-corrected chi connectivity index (χ4v) is 2.85. The van der Waals surface area contributed by atoms with Gasteiger partial charge in [-0.15, -0.1) is 0 Å². The third kappa shape index (κ3) is 4.32. The second kappa shape index (κ2) is 7.26. The zero-order valence-corrected chi connectivity index (χ0v) is 16.1. The molecule has 3 rings (SSSR count). The predicted molar refractivity (Wildman–Crippen MR) is 102 cm³/mol. The van der Waals surface area contributed by atoms with Crippen molar-refractivity contribution in [1.29, 1.82) is 0 Å². The van der Waals surface area contributed by atoms with Crippen LogP contribution >= 0.6 is 0 Å². The van der Waals surface area contributed by atoms with E-state index in [1.165, 1.54) is 18.2 Å². The second-order valence-electron chi connectivity index (χ2n) is 8.07. The fraction of sp³-hybridized carbons (Fsp3) is 0.364. The Bertz CT molecular complexity index is 909. The number of rotatable bonds is 6. The average molecular weight is 386 g/mol. The summed E-state index contributed by atoms with van der Waals surface area (Å²) in [4.78, 5) is 23.5. The van der Waals surface area contributed by atoms with Crippen LogP contribution in [0.2, 0.25) is 0 Å². The van der Waals surface area contributed by atoms with Gasteiger partial charge in [-0.1, -0.05) is 24.3 Å². The average Bonchev–Trinajstić information content (AvgIpc) is 3.40. The van der Waals surface area contributed by atoms with Crippen molar-refractivity contribution in [2.45, 2.75) is 39.2 Å². The smallest absolute Gasteiger partial charge is 0.338 e. The summed E-state index contributed by atoms with van der Waals surface area (Å²) in [7, 11) is 0. The Labute approximate surface area is 163 Å². The lowest BCUT2D eigenvalue weighted by molar-refractivity contribution is -0.163. The van der Waals surface area contributed by atoms with Gasteiger partial charge < -0.3 is 14.6 Å². The molecule has 148 valence electrons. The van der Waals surface area contributed by atoms with Gasteiger partial charge in [-0.2, -0.15) is 0 Å². The number of ether oxygens (including phenoxy) is 2. The number of para-hydroxylation sites is 1. The molecule has 0 spiro atoms. The number of halogens is 1. The number of carbonyl (C=O) groups is 2. The summed E-state index contributed by atoms with van der Waals surface area (Å²) >= 11 is 0. The van der Waals surface area contributed by atoms with Crippen molar-refractivity contribution in [3.05, 3.63) is 53.8 Å². The van der Waals surface area contributed by atoms with Gasteiger partial charge in [0.2, 0.25) is 0 Å². The van der Waals surface area contributed by atoms with Crippen LogP contribution < -0.4 is 4.74 Å². The number of carboxylic acid groups (broad SMARTS) is 1. The monoisotopic (exact) mass is 386 g/mol. The molecule has 1 saturated carbocycles. The standard InChI is InChI=1S/C22H23FO5/c1-21(2,3)28-20(26)22(10-11-22)13-27-18-7-5-4-6-15(18)14-8-9-16(19(24)25)17(23)12-14/h4-9,12H,10-11,13H2,1-3H3,(H,24,25). The molecular formula is C22H23FO5. The van der Waals surface area contributed by atoms with Crippen LogP contribution in [-0.2, 0) is 9.53 Å². The first kappa shape index (κ1) is 19.9. The molecule has 1 aliphatic rings. The van der Waals surface area contributed by atoms with Gasteiger partial charge in [0.15, 0.2) is 0 Å². The molecule has 0 saturated heterocycles. The molecule has 0 bridgehead atoms. The second-order valence-corrected chi connectivity index (χ2v) is 8.07. The van der Waals surface area contributed by atoms with Gasteiger partial charge in [-0.3, -0.25) is 4.79 Å². The van der Waals surface area contributed by atoms with Crippen molar-refractivity contribution in [3.8, 4) is 16.9 Å². The molecule has 1 aliphatic carbocycles. The third-order valence-corrected chi connectivity index (χ3v) is 4.59. The molecule has 0 aromatic heterocycles. The topological polar surface area (TPSA) is 72.8 Å². The van der Waals surface area contributed by atoms with E-state index in [0.29, 0.717) is 29.7 Å². The number of aromatic carboxylic acids is 1. The van der Waals surface area contributed by atoms with E-state index in [0.717, 1.165) is 0 Å². The van der Waals surface area contributed by atoms with Crippen molar-refractivity contribution in [3.63, 3.8) is 0 Å². The third-order valence-electron chi connectivity index (χ3n) is 4.59. The van der Waals surface area contributed by atoms with E-state index in [9.17, 15) is 14.0 Å². The van der Waals surface area contributed by atoms with Gasteiger partial charge in [0.1, 0.15) is 29.2 Å². The Morgan fingerprint density at radius 2 is 1.82 bits per heavy atom. The molecular weight excluding hydrogens is 363 g/mol. The van der Waals surface area contributed by atoms with Crippen LogP contribution in [0.4, 0.5) is 4.39 Å². The van der Waals surface area contributed by atoms with Crippen molar-refractivity contribution < 1.29 is 28.6 Å². The first-order chi connectivity index (χ1) is 13.1. The maximum absolute atomic E-state index is 14.1. The van der Waals surface area contributed by atoms with E-state index in [-0.39, 0.29) is 18.1 Å². The highest BCUT2D eigenvalue weighted by molar-refractivity contribution is 5.89. The summed E-state index contributed by atoms with van der Waals surface area (Å²) in [5.41, 5.74) is -0.463. The Kier molecular flexibility index (Phi) is 5.15. The number of hydrogen-bond donors (Lipinski definition) is 1. The number of benzene rings is 2. The minimum absolute atomic E-state index is 0.175. The molecule has 0 aliphatic heterocycles. The van der Waals surface area contributed by atoms with Gasteiger partial charge >= 0.3 is 11.9 Å². The molecule has 1 fully saturated rings. The number of hydrogen-bond acceptors (Lipinski definition) is 4. The zero-order valence-electron chi connectivity index (χ0n) is 16.1. The highest BCUT2D eigenvalue weighted by Gasteiger charge is 2.53. The molecule has 2 aromatic rings. The largest absolute Gasteiger partial charge is 0.492 e. The van der Waals surface area contributed by atoms with Crippen LogP contribution in [0, 0.1) is 11.2 Å². The Morgan fingerprint density at radius 3 is 2.39 bits per heavy atom. The summed E-state index contributed by atoms with van der Waals surface area (Å²) in [6.45, 7) is 5.65. The van der Waals surface area contributed by atoms with Gasteiger partial charge in [0, 0.05) is 5.56 Å². The van der Waals surface area contributed by atoms with E-state index in [1.807, 2.05) is 20.8 Å². The summed E-state index contributed by atoms with van der Waals surface area (Å²) in [5, 5.41) is 8.99. The summed E-state index contributed by atoms with van der Waals surface area (Å²) < 4.78 is 25.5. The van der Waals surface area contributed by atoms with Crippen molar-refractivity contribution in [1.82, 2.24) is 0 Å². The lowest BCUT2D eigenvalue weighted by atomic mass is 10.0. The fourth-order valence-electron chi connectivity index (χ4n) is 2.85. The van der Waals surface area contributed by atoms with E-state index < -0.39 is 22.8 Å². The highest BCUT2D eigenvalue weighted by Crippen LogP contribution is 2.48. The first-order valence-corrected chi connectivity index (χ1v) is 9.10. The predicted octanol–water partition coefficient (Wildman–Crippen LogP) is 4.69. The van der Waals surface area contributed by atoms with Crippen molar-refractivity contribution >= 4 is 11.9 Å². The highest BCUT2D eigenvalue weighted by atomic mass is 19.1. The molecule has 0 unspecified atom stereocenters. The maximum Gasteiger partial charge on any atom is 0.338 e. The lowest BCUT2D eigenvalue weighted by Gasteiger charge is -2.24. The molecule has 0 atom stereocenters. The zero-order chi connectivity index (χ0) is 20.5. The van der Waals surface area contributed by atoms with E-state index in [2.05, 4.69) is 0 Å². The number of carbonyl (C=O) groups excluding carboxylic acids is 1. The summed E-state index contributed by atoms with van der Waals surface area (Å²) in [6.07, 6.45) is 1.40. The van der Waals surface area contributed by atoms with Crippen LogP contribution in [0.1, 0.15) is 44.0 Å². The van der Waals surface area contributed by atoms with Gasteiger partial charge in [-0.05, 0) is 57.4 Å². The van der Waals surface area contributed by atoms with Gasteiger partial charge in [0.05, 0.1) is 5.56 Å². The van der Waals surface area contributed by atoms with E-state index in [4.69, 9.17) is 14.6 Å². The molecule has 0 amide bonds. The van der Waals surface area contributed by atoms with Crippen LogP contribution in [0.15, 0.2) is 42.5 Å². The molecule has 0 radical (unpaired) electrons. The summed E-state index contributed by atoms with van der Waals surface area (Å²) in [6, 6.07) is 11.0. The number of carboxylic acids is 1. The first-order valence-electron chi connectivity index (χ1n) is 9.10. The normalized spacial score (nSPS) is 15.0. The van der Waals surface area contributed by atoms with Crippen LogP contribution in [-0.4, -0.2) is 29.3 Å². The Hall–Kier alpha value is -2.89. The Balaban J connectivity index is 1.79. The summed E-state index contributed by atoms with van der Waals surface area (Å²) in [5.74, 6) is -1.90. The quantitative estimate of drug-likeness (QED) is 0.729. The molecule has 6 heteroatoms. The van der Waals surface area contributed by atoms with Crippen LogP contribution in [0.25, 0.3) is 11.1 Å². The van der Waals surface area contributed by atoms with Crippen molar-refractivity contribution in [2.24, 2.45) is 5.41 Å². The minimum atomic E-state index is -1.32. The molecule has 5 nitrogen and oxygen atoms in total. The molecule has 1 N–H and O–H groups in total. The minimum Gasteiger partial charge on any atom is -0.492 e. The molecule has 0 heterocycles. The van der Waals surface area contributed by atoms with Gasteiger partial charge in [-0.25, -0.2) is 9.18 Å². The number of esters is 1. The van der Waals surface area contributed by atoms with Crippen molar-refractivity contribution in [2.75, 3.05) is 6.61 Å². The maximum atomic E-state index is 14.1. The van der Waals surface area contributed by atoms with Crippen LogP contribution in [0.5, 0.6) is 5.75 Å². The van der Waals surface area contributed by atoms with Crippen LogP contribution in [0.3, 0.4) is 0 Å². The molecule has 28 heavy (non-hydrogen) atoms. The van der Waals surface area contributed by atoms with E-state index >= 15 is 0 Å².